The van der Waals surface area contributed by atoms with E-state index in [4.69, 9.17) is 32.7 Å². The van der Waals surface area contributed by atoms with Crippen molar-refractivity contribution in [2.75, 3.05) is 6.61 Å². The Morgan fingerprint density at radius 1 is 1.15 bits per heavy atom. The highest BCUT2D eigenvalue weighted by Gasteiger charge is 2.26. The molecule has 1 aliphatic rings. The lowest BCUT2D eigenvalue weighted by molar-refractivity contribution is -0.129. The monoisotopic (exact) mass is 389 g/mol. The molecule has 0 amide bonds. The first-order valence-electron chi connectivity index (χ1n) is 8.28. The number of benzene rings is 2. The Hall–Kier alpha value is -2.30. The number of hydrogen-bond acceptors (Lipinski definition) is 4. The van der Waals surface area contributed by atoms with Gasteiger partial charge in [-0.05, 0) is 42.3 Å². The van der Waals surface area contributed by atoms with E-state index in [0.29, 0.717) is 22.2 Å². The van der Waals surface area contributed by atoms with E-state index in [2.05, 4.69) is 11.9 Å². The van der Waals surface area contributed by atoms with E-state index in [-0.39, 0.29) is 11.6 Å². The average Bonchev–Trinajstić information content (AvgIpc) is 2.99. The van der Waals surface area contributed by atoms with Gasteiger partial charge in [-0.2, -0.15) is 0 Å². The molecular weight excluding hydrogens is 373 g/mol. The number of nitrogens with zero attached hydrogens (tertiary/aromatic N) is 1. The zero-order valence-corrected chi connectivity index (χ0v) is 15.7. The maximum atomic E-state index is 12.1. The minimum Gasteiger partial charge on any atom is -0.494 e. The molecule has 0 aromatic heterocycles. The summed E-state index contributed by atoms with van der Waals surface area (Å²) >= 11 is 12.2. The Balaban J connectivity index is 1.79. The highest BCUT2D eigenvalue weighted by Crippen LogP contribution is 2.29. The van der Waals surface area contributed by atoms with Crippen molar-refractivity contribution in [1.82, 2.24) is 0 Å². The predicted molar refractivity (Wildman–Crippen MR) is 104 cm³/mol. The number of aliphatic imine (C=N–C) groups is 1. The van der Waals surface area contributed by atoms with Gasteiger partial charge < -0.3 is 9.47 Å². The Labute approximate surface area is 162 Å². The average molecular weight is 390 g/mol. The molecule has 0 aliphatic carbocycles. The Morgan fingerprint density at radius 3 is 2.65 bits per heavy atom. The van der Waals surface area contributed by atoms with Gasteiger partial charge >= 0.3 is 5.97 Å². The Morgan fingerprint density at radius 2 is 1.92 bits per heavy atom. The van der Waals surface area contributed by atoms with E-state index in [1.165, 1.54) is 0 Å². The number of unbranched alkanes of at least 4 members (excludes halogenated alkanes) is 1. The minimum atomic E-state index is -0.528. The quantitative estimate of drug-likeness (QED) is 0.371. The molecule has 2 aromatic rings. The van der Waals surface area contributed by atoms with E-state index >= 15 is 0 Å². The molecule has 0 N–H and O–H groups in total. The molecule has 0 bridgehead atoms. The molecule has 1 aliphatic heterocycles. The molecular formula is C20H17Cl2NO3. The summed E-state index contributed by atoms with van der Waals surface area (Å²) < 4.78 is 10.9. The van der Waals surface area contributed by atoms with Gasteiger partial charge in [0.1, 0.15) is 5.75 Å². The van der Waals surface area contributed by atoms with Crippen LogP contribution in [0.5, 0.6) is 5.75 Å². The second-order valence-electron chi connectivity index (χ2n) is 5.71. The fourth-order valence-corrected chi connectivity index (χ4v) is 2.73. The summed E-state index contributed by atoms with van der Waals surface area (Å²) in [6.45, 7) is 2.81. The molecule has 4 nitrogen and oxygen atoms in total. The van der Waals surface area contributed by atoms with Crippen LogP contribution in [0, 0.1) is 0 Å². The summed E-state index contributed by atoms with van der Waals surface area (Å²) in [6, 6.07) is 12.5. The van der Waals surface area contributed by atoms with E-state index in [9.17, 15) is 4.79 Å². The van der Waals surface area contributed by atoms with Crippen molar-refractivity contribution in [2.45, 2.75) is 19.8 Å². The number of hydrogen-bond donors (Lipinski definition) is 0. The minimum absolute atomic E-state index is 0.147. The molecule has 0 unspecified atom stereocenters. The van der Waals surface area contributed by atoms with Crippen LogP contribution in [0.1, 0.15) is 30.9 Å². The van der Waals surface area contributed by atoms with E-state index in [0.717, 1.165) is 24.2 Å². The van der Waals surface area contributed by atoms with Crippen LogP contribution in [-0.2, 0) is 9.53 Å². The van der Waals surface area contributed by atoms with Crippen LogP contribution in [0.25, 0.3) is 6.08 Å². The van der Waals surface area contributed by atoms with Gasteiger partial charge in [-0.3, -0.25) is 0 Å². The van der Waals surface area contributed by atoms with Crippen molar-refractivity contribution in [1.29, 1.82) is 0 Å². The van der Waals surface area contributed by atoms with E-state index in [1.807, 2.05) is 24.3 Å². The molecule has 0 saturated carbocycles. The lowest BCUT2D eigenvalue weighted by Crippen LogP contribution is -2.06. The first-order valence-corrected chi connectivity index (χ1v) is 9.04. The van der Waals surface area contributed by atoms with E-state index in [1.54, 1.807) is 24.3 Å². The maximum Gasteiger partial charge on any atom is 0.363 e. The molecule has 134 valence electrons. The van der Waals surface area contributed by atoms with Crippen molar-refractivity contribution in [2.24, 2.45) is 4.99 Å². The van der Waals surface area contributed by atoms with Crippen LogP contribution < -0.4 is 4.74 Å². The van der Waals surface area contributed by atoms with Crippen LogP contribution in [0.15, 0.2) is 53.2 Å². The smallest absolute Gasteiger partial charge is 0.363 e. The molecule has 1 heterocycles. The van der Waals surface area contributed by atoms with Crippen molar-refractivity contribution in [3.63, 3.8) is 0 Å². The fraction of sp³-hybridized carbons (Fsp3) is 0.200. The molecule has 2 aromatic carbocycles. The number of rotatable bonds is 6. The van der Waals surface area contributed by atoms with Gasteiger partial charge in [0.15, 0.2) is 5.70 Å². The normalized spacial score (nSPS) is 15.1. The Bertz CT molecular complexity index is 873. The highest BCUT2D eigenvalue weighted by atomic mass is 35.5. The lowest BCUT2D eigenvalue weighted by Gasteiger charge is -2.05. The van der Waals surface area contributed by atoms with Crippen LogP contribution in [0.3, 0.4) is 0 Å². The maximum absolute atomic E-state index is 12.1. The summed E-state index contributed by atoms with van der Waals surface area (Å²) in [7, 11) is 0. The van der Waals surface area contributed by atoms with Crippen molar-refractivity contribution in [3.8, 4) is 5.75 Å². The van der Waals surface area contributed by atoms with Crippen molar-refractivity contribution in [3.05, 3.63) is 69.3 Å². The zero-order chi connectivity index (χ0) is 18.5. The molecule has 3 rings (SSSR count). The van der Waals surface area contributed by atoms with Gasteiger partial charge in [0, 0.05) is 0 Å². The first kappa shape index (κ1) is 18.5. The van der Waals surface area contributed by atoms with Crippen LogP contribution in [-0.4, -0.2) is 18.5 Å². The summed E-state index contributed by atoms with van der Waals surface area (Å²) in [4.78, 5) is 16.3. The van der Waals surface area contributed by atoms with Crippen molar-refractivity contribution < 1.29 is 14.3 Å². The second-order valence-corrected chi connectivity index (χ2v) is 6.49. The molecule has 0 radical (unpaired) electrons. The lowest BCUT2D eigenvalue weighted by atomic mass is 10.2. The fourth-order valence-electron chi connectivity index (χ4n) is 2.35. The highest BCUT2D eigenvalue weighted by molar-refractivity contribution is 6.44. The molecule has 0 atom stereocenters. The zero-order valence-electron chi connectivity index (χ0n) is 14.2. The third kappa shape index (κ3) is 4.26. The number of ether oxygens (including phenoxy) is 2. The first-order chi connectivity index (χ1) is 12.6. The van der Waals surface area contributed by atoms with Crippen LogP contribution >= 0.6 is 23.2 Å². The predicted octanol–water partition coefficient (Wildman–Crippen LogP) is 5.52. The van der Waals surface area contributed by atoms with Gasteiger partial charge in [-0.25, -0.2) is 9.79 Å². The third-order valence-electron chi connectivity index (χ3n) is 3.75. The van der Waals surface area contributed by atoms with Gasteiger partial charge in [0.05, 0.1) is 22.2 Å². The molecule has 6 heteroatoms. The van der Waals surface area contributed by atoms with Crippen molar-refractivity contribution >= 4 is 41.1 Å². The van der Waals surface area contributed by atoms with Gasteiger partial charge in [-0.1, -0.05) is 54.7 Å². The third-order valence-corrected chi connectivity index (χ3v) is 4.57. The summed E-state index contributed by atoms with van der Waals surface area (Å²) in [5.74, 6) is 0.414. The van der Waals surface area contributed by atoms with Crippen LogP contribution in [0.4, 0.5) is 0 Å². The van der Waals surface area contributed by atoms with E-state index < -0.39 is 5.97 Å². The molecule has 0 spiro atoms. The number of esters is 1. The molecule has 0 fully saturated rings. The molecule has 26 heavy (non-hydrogen) atoms. The molecule has 0 saturated heterocycles. The van der Waals surface area contributed by atoms with Gasteiger partial charge in [0.2, 0.25) is 5.90 Å². The van der Waals surface area contributed by atoms with Gasteiger partial charge in [0.25, 0.3) is 0 Å². The Kier molecular flexibility index (Phi) is 5.96. The number of carbonyl (C=O) groups excluding carboxylic acids is 1. The number of cyclic esters (lactones) is 1. The van der Waals surface area contributed by atoms with Crippen LogP contribution in [0.2, 0.25) is 10.0 Å². The standard InChI is InChI=1S/C20H17Cl2NO3/c1-2-3-11-25-14-9-7-13(8-10-14)12-17-20(24)26-19(23-17)15-5-4-6-16(21)18(15)22/h4-10,12H,2-3,11H2,1H3/b17-12+. The summed E-state index contributed by atoms with van der Waals surface area (Å²) in [5, 5.41) is 0.676. The summed E-state index contributed by atoms with van der Waals surface area (Å²) in [5.41, 5.74) is 1.51. The largest absolute Gasteiger partial charge is 0.494 e. The second kappa shape index (κ2) is 8.39. The SMILES string of the molecule is CCCCOc1ccc(/C=C2/N=C(c3cccc(Cl)c3Cl)OC2=O)cc1. The topological polar surface area (TPSA) is 47.9 Å². The number of halogens is 2. The summed E-state index contributed by atoms with van der Waals surface area (Å²) in [6.07, 6.45) is 3.76. The number of carbonyl (C=O) groups is 1. The van der Waals surface area contributed by atoms with Gasteiger partial charge in [-0.15, -0.1) is 0 Å².